The number of rotatable bonds is 1. The Bertz CT molecular complexity index is 304. The highest BCUT2D eigenvalue weighted by Crippen LogP contribution is 2.20. The average Bonchev–Trinajstić information content (AvgIpc) is 2.20. The number of nitrogens with two attached hydrogens (primary N) is 1. The standard InChI is InChI=1S/C9H12N4/c10-9-2-1-8(12-13-9)7-3-5-11-6-4-7/h1-3,5,7,11H,4,6H2,(H2,10,13). The third-order valence-electron chi connectivity index (χ3n) is 2.13. The Kier molecular flexibility index (Phi) is 2.12. The molecule has 0 aromatic carbocycles. The Balaban J connectivity index is 2.19. The first kappa shape index (κ1) is 8.04. The number of hydrogen-bond acceptors (Lipinski definition) is 4. The predicted molar refractivity (Wildman–Crippen MR) is 50.9 cm³/mol. The smallest absolute Gasteiger partial charge is 0.146 e. The predicted octanol–water partition coefficient (Wildman–Crippen LogP) is 0.649. The number of anilines is 1. The molecule has 1 aliphatic rings. The minimum absolute atomic E-state index is 0.384. The van der Waals surface area contributed by atoms with Crippen LogP contribution in [0.5, 0.6) is 0 Å². The summed E-state index contributed by atoms with van der Waals surface area (Å²) in [5.74, 6) is 0.857. The number of nitrogens with one attached hydrogen (secondary N) is 1. The van der Waals surface area contributed by atoms with Gasteiger partial charge in [-0.3, -0.25) is 0 Å². The summed E-state index contributed by atoms with van der Waals surface area (Å²) >= 11 is 0. The van der Waals surface area contributed by atoms with E-state index in [4.69, 9.17) is 5.73 Å². The first-order valence-electron chi connectivity index (χ1n) is 4.35. The molecule has 0 bridgehead atoms. The Morgan fingerprint density at radius 2 is 2.31 bits per heavy atom. The third kappa shape index (κ3) is 1.77. The summed E-state index contributed by atoms with van der Waals surface area (Å²) in [4.78, 5) is 0. The van der Waals surface area contributed by atoms with E-state index in [2.05, 4.69) is 21.6 Å². The van der Waals surface area contributed by atoms with Crippen molar-refractivity contribution in [3.63, 3.8) is 0 Å². The summed E-state index contributed by atoms with van der Waals surface area (Å²) in [6, 6.07) is 3.72. The van der Waals surface area contributed by atoms with Crippen LogP contribution in [0.4, 0.5) is 5.82 Å². The Morgan fingerprint density at radius 3 is 2.92 bits per heavy atom. The second-order valence-electron chi connectivity index (χ2n) is 3.09. The first-order chi connectivity index (χ1) is 6.36. The van der Waals surface area contributed by atoms with Gasteiger partial charge >= 0.3 is 0 Å². The van der Waals surface area contributed by atoms with E-state index in [-0.39, 0.29) is 0 Å². The molecule has 1 aliphatic heterocycles. The molecule has 1 aromatic rings. The summed E-state index contributed by atoms with van der Waals surface area (Å²) < 4.78 is 0. The molecule has 1 unspecified atom stereocenters. The van der Waals surface area contributed by atoms with Gasteiger partial charge in [0, 0.05) is 12.5 Å². The van der Waals surface area contributed by atoms with Gasteiger partial charge in [-0.15, -0.1) is 5.10 Å². The quantitative estimate of drug-likeness (QED) is 0.659. The maximum atomic E-state index is 5.45. The van der Waals surface area contributed by atoms with E-state index < -0.39 is 0 Å². The van der Waals surface area contributed by atoms with Crippen LogP contribution in [0.1, 0.15) is 18.0 Å². The van der Waals surface area contributed by atoms with Crippen LogP contribution in [0.25, 0.3) is 0 Å². The van der Waals surface area contributed by atoms with Gasteiger partial charge in [0.1, 0.15) is 5.82 Å². The van der Waals surface area contributed by atoms with Gasteiger partial charge in [0.25, 0.3) is 0 Å². The lowest BCUT2D eigenvalue weighted by Crippen LogP contribution is -2.17. The zero-order valence-corrected chi connectivity index (χ0v) is 7.27. The Labute approximate surface area is 76.9 Å². The van der Waals surface area contributed by atoms with Gasteiger partial charge in [-0.05, 0) is 24.8 Å². The molecule has 0 saturated heterocycles. The van der Waals surface area contributed by atoms with Crippen molar-refractivity contribution in [3.05, 3.63) is 30.1 Å². The molecule has 13 heavy (non-hydrogen) atoms. The van der Waals surface area contributed by atoms with Gasteiger partial charge in [-0.25, -0.2) is 0 Å². The molecule has 4 nitrogen and oxygen atoms in total. The number of aromatic nitrogens is 2. The van der Waals surface area contributed by atoms with E-state index in [9.17, 15) is 0 Å². The molecule has 0 amide bonds. The average molecular weight is 176 g/mol. The molecule has 0 fully saturated rings. The van der Waals surface area contributed by atoms with Crippen molar-refractivity contribution >= 4 is 5.82 Å². The highest BCUT2D eigenvalue weighted by molar-refractivity contribution is 5.28. The van der Waals surface area contributed by atoms with Gasteiger partial charge in [-0.2, -0.15) is 5.10 Å². The minimum atomic E-state index is 0.384. The van der Waals surface area contributed by atoms with Crippen LogP contribution in [0.2, 0.25) is 0 Å². The van der Waals surface area contributed by atoms with E-state index in [0.717, 1.165) is 18.7 Å². The molecule has 2 rings (SSSR count). The highest BCUT2D eigenvalue weighted by Gasteiger charge is 2.11. The molecule has 2 heterocycles. The number of nitrogens with zero attached hydrogens (tertiary/aromatic N) is 2. The topological polar surface area (TPSA) is 63.8 Å². The van der Waals surface area contributed by atoms with E-state index in [0.29, 0.717) is 11.7 Å². The van der Waals surface area contributed by atoms with Gasteiger partial charge < -0.3 is 11.1 Å². The normalized spacial score (nSPS) is 21.1. The zero-order valence-electron chi connectivity index (χ0n) is 7.27. The minimum Gasteiger partial charge on any atom is -0.391 e. The van der Waals surface area contributed by atoms with Crippen LogP contribution < -0.4 is 11.1 Å². The maximum absolute atomic E-state index is 5.45. The van der Waals surface area contributed by atoms with Gasteiger partial charge in [0.15, 0.2) is 0 Å². The third-order valence-corrected chi connectivity index (χ3v) is 2.13. The summed E-state index contributed by atoms with van der Waals surface area (Å²) in [7, 11) is 0. The van der Waals surface area contributed by atoms with E-state index in [1.165, 1.54) is 0 Å². The molecule has 0 spiro atoms. The molecule has 0 radical (unpaired) electrons. The maximum Gasteiger partial charge on any atom is 0.146 e. The van der Waals surface area contributed by atoms with Crippen LogP contribution in [0.3, 0.4) is 0 Å². The van der Waals surface area contributed by atoms with E-state index in [1.54, 1.807) is 6.07 Å². The van der Waals surface area contributed by atoms with E-state index in [1.807, 2.05) is 12.3 Å². The second kappa shape index (κ2) is 3.43. The SMILES string of the molecule is Nc1ccc(C2C=CNCC2)nn1. The lowest BCUT2D eigenvalue weighted by molar-refractivity contribution is 0.637. The van der Waals surface area contributed by atoms with Crippen molar-refractivity contribution in [1.82, 2.24) is 15.5 Å². The second-order valence-corrected chi connectivity index (χ2v) is 3.09. The van der Waals surface area contributed by atoms with Crippen LogP contribution in [-0.2, 0) is 0 Å². The van der Waals surface area contributed by atoms with Gasteiger partial charge in [0.2, 0.25) is 0 Å². The van der Waals surface area contributed by atoms with Crippen LogP contribution in [-0.4, -0.2) is 16.7 Å². The van der Waals surface area contributed by atoms with Crippen molar-refractivity contribution in [3.8, 4) is 0 Å². The lowest BCUT2D eigenvalue weighted by atomic mass is 9.99. The van der Waals surface area contributed by atoms with Crippen LogP contribution >= 0.6 is 0 Å². The van der Waals surface area contributed by atoms with Crippen molar-refractivity contribution in [2.24, 2.45) is 0 Å². The molecule has 3 N–H and O–H groups in total. The van der Waals surface area contributed by atoms with Crippen molar-refractivity contribution in [1.29, 1.82) is 0 Å². The Hall–Kier alpha value is -1.58. The molecule has 1 aromatic heterocycles. The molecular formula is C9H12N4. The van der Waals surface area contributed by atoms with Crippen LogP contribution in [0.15, 0.2) is 24.4 Å². The number of hydrogen-bond donors (Lipinski definition) is 2. The molecule has 0 saturated carbocycles. The van der Waals surface area contributed by atoms with E-state index >= 15 is 0 Å². The Morgan fingerprint density at radius 1 is 1.38 bits per heavy atom. The van der Waals surface area contributed by atoms with Crippen LogP contribution in [0, 0.1) is 0 Å². The van der Waals surface area contributed by atoms with Gasteiger partial charge in [0.05, 0.1) is 5.69 Å². The zero-order chi connectivity index (χ0) is 9.10. The summed E-state index contributed by atoms with van der Waals surface area (Å²) in [5.41, 5.74) is 6.44. The number of nitrogen functional groups attached to an aromatic ring is 1. The largest absolute Gasteiger partial charge is 0.391 e. The van der Waals surface area contributed by atoms with Crippen molar-refractivity contribution in [2.45, 2.75) is 12.3 Å². The molecule has 1 atom stereocenters. The fourth-order valence-electron chi connectivity index (χ4n) is 1.40. The van der Waals surface area contributed by atoms with Crippen molar-refractivity contribution < 1.29 is 0 Å². The molecule has 68 valence electrons. The summed E-state index contributed by atoms with van der Waals surface area (Å²) in [6.45, 7) is 0.993. The van der Waals surface area contributed by atoms with Crippen molar-refractivity contribution in [2.75, 3.05) is 12.3 Å². The summed E-state index contributed by atoms with van der Waals surface area (Å²) in [5, 5.41) is 11.0. The molecule has 4 heteroatoms. The molecule has 0 aliphatic carbocycles. The fraction of sp³-hybridized carbons (Fsp3) is 0.333. The van der Waals surface area contributed by atoms with Gasteiger partial charge in [-0.1, -0.05) is 6.08 Å². The first-order valence-corrected chi connectivity index (χ1v) is 4.35. The number of allylic oxidation sites excluding steroid dienone is 1. The highest BCUT2D eigenvalue weighted by atomic mass is 15.1. The molecular weight excluding hydrogens is 164 g/mol. The fourth-order valence-corrected chi connectivity index (χ4v) is 1.40. The lowest BCUT2D eigenvalue weighted by Gasteiger charge is -2.15. The monoisotopic (exact) mass is 176 g/mol. The summed E-state index contributed by atoms with van der Waals surface area (Å²) in [6.07, 6.45) is 5.13.